The number of rotatable bonds is 5. The standard InChI is InChI=1S/C19H16ClFN4O4/c1-2-25-19(28)13-6-4-3-5-12(13)17(24-25)18(27)23-22-16(26)10-29-11-7-8-15(21)14(20)9-11/h3-9H,2,10H2,1H3,(H,22,26)(H,23,27). The molecule has 2 amide bonds. The fourth-order valence-electron chi connectivity index (χ4n) is 2.55. The summed E-state index contributed by atoms with van der Waals surface area (Å²) in [7, 11) is 0. The van der Waals surface area contributed by atoms with Crippen LogP contribution in [0.25, 0.3) is 10.8 Å². The Hall–Kier alpha value is -3.46. The Balaban J connectivity index is 1.67. The van der Waals surface area contributed by atoms with Crippen LogP contribution in [0, 0.1) is 5.82 Å². The lowest BCUT2D eigenvalue weighted by Crippen LogP contribution is -2.44. The number of ether oxygens (including phenoxy) is 1. The van der Waals surface area contributed by atoms with Crippen molar-refractivity contribution < 1.29 is 18.7 Å². The third-order valence-corrected chi connectivity index (χ3v) is 4.25. The van der Waals surface area contributed by atoms with Crippen LogP contribution in [0.1, 0.15) is 17.4 Å². The molecule has 1 aromatic heterocycles. The zero-order chi connectivity index (χ0) is 21.0. The van der Waals surface area contributed by atoms with Crippen molar-refractivity contribution in [3.05, 3.63) is 69.4 Å². The number of carbonyl (C=O) groups excluding carboxylic acids is 2. The second kappa shape index (κ2) is 8.70. The van der Waals surface area contributed by atoms with Gasteiger partial charge in [-0.3, -0.25) is 25.2 Å². The molecule has 0 spiro atoms. The first kappa shape index (κ1) is 20.3. The Morgan fingerprint density at radius 2 is 1.90 bits per heavy atom. The summed E-state index contributed by atoms with van der Waals surface area (Å²) in [6, 6.07) is 10.2. The molecule has 2 aromatic carbocycles. The summed E-state index contributed by atoms with van der Waals surface area (Å²) in [5, 5.41) is 4.64. The van der Waals surface area contributed by atoms with E-state index < -0.39 is 24.2 Å². The van der Waals surface area contributed by atoms with Crippen molar-refractivity contribution in [3.8, 4) is 5.75 Å². The molecule has 0 radical (unpaired) electrons. The molecule has 0 bridgehead atoms. The second-order valence-electron chi connectivity index (χ2n) is 5.88. The number of hydrogen-bond donors (Lipinski definition) is 2. The van der Waals surface area contributed by atoms with Crippen LogP contribution >= 0.6 is 11.6 Å². The Morgan fingerprint density at radius 1 is 1.17 bits per heavy atom. The molecule has 0 saturated carbocycles. The molecule has 29 heavy (non-hydrogen) atoms. The van der Waals surface area contributed by atoms with Gasteiger partial charge >= 0.3 is 0 Å². The van der Waals surface area contributed by atoms with Gasteiger partial charge in [0.25, 0.3) is 17.4 Å². The van der Waals surface area contributed by atoms with Crippen LogP contribution in [0.3, 0.4) is 0 Å². The summed E-state index contributed by atoms with van der Waals surface area (Å²) in [4.78, 5) is 36.7. The number of hydrogen-bond acceptors (Lipinski definition) is 5. The van der Waals surface area contributed by atoms with E-state index in [9.17, 15) is 18.8 Å². The molecule has 150 valence electrons. The number of carbonyl (C=O) groups is 2. The molecule has 1 heterocycles. The second-order valence-corrected chi connectivity index (χ2v) is 6.29. The zero-order valence-electron chi connectivity index (χ0n) is 15.2. The van der Waals surface area contributed by atoms with Gasteiger partial charge in [0.15, 0.2) is 12.3 Å². The van der Waals surface area contributed by atoms with Gasteiger partial charge in [-0.2, -0.15) is 5.10 Å². The highest BCUT2D eigenvalue weighted by Gasteiger charge is 2.17. The molecule has 0 saturated heterocycles. The van der Waals surface area contributed by atoms with Gasteiger partial charge in [0.1, 0.15) is 11.6 Å². The van der Waals surface area contributed by atoms with E-state index in [-0.39, 0.29) is 28.6 Å². The highest BCUT2D eigenvalue weighted by molar-refractivity contribution is 6.30. The number of halogens is 2. The van der Waals surface area contributed by atoms with Gasteiger partial charge in [-0.05, 0) is 25.1 Å². The smallest absolute Gasteiger partial charge is 0.290 e. The predicted octanol–water partition coefficient (Wildman–Crippen LogP) is 2.05. The van der Waals surface area contributed by atoms with Crippen molar-refractivity contribution in [2.75, 3.05) is 6.61 Å². The number of benzene rings is 2. The molecule has 0 aliphatic carbocycles. The van der Waals surface area contributed by atoms with Gasteiger partial charge in [0.05, 0.1) is 10.4 Å². The quantitative estimate of drug-likeness (QED) is 0.617. The van der Waals surface area contributed by atoms with E-state index in [1.54, 1.807) is 31.2 Å². The largest absolute Gasteiger partial charge is 0.484 e. The van der Waals surface area contributed by atoms with Crippen LogP contribution in [0.4, 0.5) is 4.39 Å². The fourth-order valence-corrected chi connectivity index (χ4v) is 2.72. The van der Waals surface area contributed by atoms with Gasteiger partial charge in [0.2, 0.25) is 0 Å². The first-order valence-electron chi connectivity index (χ1n) is 8.57. The number of amides is 2. The Morgan fingerprint density at radius 3 is 2.59 bits per heavy atom. The van der Waals surface area contributed by atoms with Crippen LogP contribution < -0.4 is 21.1 Å². The lowest BCUT2D eigenvalue weighted by atomic mass is 10.1. The van der Waals surface area contributed by atoms with E-state index >= 15 is 0 Å². The van der Waals surface area contributed by atoms with E-state index in [0.29, 0.717) is 10.8 Å². The Labute approximate surface area is 169 Å². The van der Waals surface area contributed by atoms with E-state index in [4.69, 9.17) is 16.3 Å². The summed E-state index contributed by atoms with van der Waals surface area (Å²) in [6.45, 7) is 1.57. The minimum atomic E-state index is -0.693. The first-order valence-corrected chi connectivity index (χ1v) is 8.95. The molecule has 8 nitrogen and oxygen atoms in total. The lowest BCUT2D eigenvalue weighted by Gasteiger charge is -2.11. The van der Waals surface area contributed by atoms with E-state index in [0.717, 1.165) is 6.07 Å². The topological polar surface area (TPSA) is 102 Å². The molecule has 3 aromatic rings. The van der Waals surface area contributed by atoms with Crippen molar-refractivity contribution in [3.63, 3.8) is 0 Å². The zero-order valence-corrected chi connectivity index (χ0v) is 16.0. The van der Waals surface area contributed by atoms with Crippen LogP contribution in [-0.2, 0) is 11.3 Å². The number of hydrazine groups is 1. The van der Waals surface area contributed by atoms with E-state index in [1.807, 2.05) is 0 Å². The molecular formula is C19H16ClFN4O4. The third-order valence-electron chi connectivity index (χ3n) is 3.96. The molecular weight excluding hydrogens is 403 g/mol. The summed E-state index contributed by atoms with van der Waals surface area (Å²) < 4.78 is 19.5. The average Bonchev–Trinajstić information content (AvgIpc) is 2.73. The van der Waals surface area contributed by atoms with Crippen LogP contribution in [0.2, 0.25) is 5.02 Å². The third kappa shape index (κ3) is 4.52. The number of aryl methyl sites for hydroxylation is 1. The Kier molecular flexibility index (Phi) is 6.08. The van der Waals surface area contributed by atoms with E-state index in [1.165, 1.54) is 16.8 Å². The minimum Gasteiger partial charge on any atom is -0.484 e. The van der Waals surface area contributed by atoms with Crippen LogP contribution in [0.5, 0.6) is 5.75 Å². The maximum Gasteiger partial charge on any atom is 0.290 e. The van der Waals surface area contributed by atoms with Crippen molar-refractivity contribution in [1.29, 1.82) is 0 Å². The van der Waals surface area contributed by atoms with Gasteiger partial charge in [-0.15, -0.1) is 0 Å². The van der Waals surface area contributed by atoms with Crippen LogP contribution in [-0.4, -0.2) is 28.2 Å². The monoisotopic (exact) mass is 418 g/mol. The van der Waals surface area contributed by atoms with Crippen molar-refractivity contribution in [2.45, 2.75) is 13.5 Å². The minimum absolute atomic E-state index is 0.00594. The predicted molar refractivity (Wildman–Crippen MR) is 104 cm³/mol. The molecule has 0 atom stereocenters. The molecule has 10 heteroatoms. The van der Waals surface area contributed by atoms with Gasteiger partial charge in [-0.1, -0.05) is 29.8 Å². The van der Waals surface area contributed by atoms with Gasteiger partial charge < -0.3 is 4.74 Å². The number of aromatic nitrogens is 2. The normalized spacial score (nSPS) is 10.6. The fraction of sp³-hybridized carbons (Fsp3) is 0.158. The van der Waals surface area contributed by atoms with E-state index in [2.05, 4.69) is 16.0 Å². The van der Waals surface area contributed by atoms with Crippen molar-refractivity contribution in [1.82, 2.24) is 20.6 Å². The number of nitrogens with one attached hydrogen (secondary N) is 2. The van der Waals surface area contributed by atoms with Gasteiger partial charge in [-0.25, -0.2) is 9.07 Å². The number of fused-ring (bicyclic) bond motifs is 1. The average molecular weight is 419 g/mol. The van der Waals surface area contributed by atoms with Crippen molar-refractivity contribution in [2.24, 2.45) is 0 Å². The first-order chi connectivity index (χ1) is 13.9. The summed E-state index contributed by atoms with van der Waals surface area (Å²) in [5.41, 5.74) is 4.12. The summed E-state index contributed by atoms with van der Waals surface area (Å²) in [5.74, 6) is -1.77. The molecule has 2 N–H and O–H groups in total. The summed E-state index contributed by atoms with van der Waals surface area (Å²) >= 11 is 5.64. The molecule has 0 fully saturated rings. The Bertz CT molecular complexity index is 1150. The molecule has 0 aliphatic rings. The molecule has 0 aliphatic heterocycles. The molecule has 0 unspecified atom stereocenters. The SMILES string of the molecule is CCn1nc(C(=O)NNC(=O)COc2ccc(F)c(Cl)c2)c2ccccc2c1=O. The highest BCUT2D eigenvalue weighted by Crippen LogP contribution is 2.20. The molecule has 3 rings (SSSR count). The van der Waals surface area contributed by atoms with Gasteiger partial charge in [0, 0.05) is 18.0 Å². The highest BCUT2D eigenvalue weighted by atomic mass is 35.5. The maximum atomic E-state index is 13.1. The summed E-state index contributed by atoms with van der Waals surface area (Å²) in [6.07, 6.45) is 0. The number of nitrogens with zero attached hydrogens (tertiary/aromatic N) is 2. The maximum absolute atomic E-state index is 13.1. The van der Waals surface area contributed by atoms with Crippen molar-refractivity contribution >= 4 is 34.2 Å². The lowest BCUT2D eigenvalue weighted by molar-refractivity contribution is -0.123. The van der Waals surface area contributed by atoms with Crippen LogP contribution in [0.15, 0.2) is 47.3 Å².